The van der Waals surface area contributed by atoms with Gasteiger partial charge in [-0.2, -0.15) is 0 Å². The van der Waals surface area contributed by atoms with E-state index in [0.717, 1.165) is 5.56 Å². The molecule has 0 atom stereocenters. The summed E-state index contributed by atoms with van der Waals surface area (Å²) in [4.78, 5) is 13.0. The third-order valence-electron chi connectivity index (χ3n) is 1.86. The molecule has 0 radical (unpaired) electrons. The molecule has 0 aliphatic rings. The second-order valence-corrected chi connectivity index (χ2v) is 3.96. The van der Waals surface area contributed by atoms with Gasteiger partial charge in [0.15, 0.2) is 0 Å². The third kappa shape index (κ3) is 2.80. The number of aliphatic hydroxyl groups is 1. The van der Waals surface area contributed by atoms with Gasteiger partial charge in [-0.15, -0.1) is 11.3 Å². The quantitative estimate of drug-likeness (QED) is 0.765. The Kier molecular flexibility index (Phi) is 4.06. The summed E-state index contributed by atoms with van der Waals surface area (Å²) in [6, 6.07) is 1.81. The van der Waals surface area contributed by atoms with E-state index >= 15 is 0 Å². The van der Waals surface area contributed by atoms with Crippen molar-refractivity contribution in [3.05, 3.63) is 21.9 Å². The van der Waals surface area contributed by atoms with Crippen LogP contribution >= 0.6 is 11.3 Å². The van der Waals surface area contributed by atoms with Gasteiger partial charge in [-0.25, -0.2) is 4.79 Å². The summed E-state index contributed by atoms with van der Waals surface area (Å²) in [5.74, 6) is -0.882. The molecule has 14 heavy (non-hydrogen) atoms. The second-order valence-electron chi connectivity index (χ2n) is 3.04. The van der Waals surface area contributed by atoms with E-state index < -0.39 is 5.97 Å². The average Bonchev–Trinajstić information content (AvgIpc) is 2.52. The normalized spacial score (nSPS) is 10.8. The first-order valence-electron chi connectivity index (χ1n) is 4.24. The number of carboxylic acids is 1. The Balaban J connectivity index is 2.66. The van der Waals surface area contributed by atoms with E-state index in [4.69, 9.17) is 10.2 Å². The van der Waals surface area contributed by atoms with E-state index in [1.165, 1.54) is 11.3 Å². The molecule has 0 spiro atoms. The first-order chi connectivity index (χ1) is 6.65. The highest BCUT2D eigenvalue weighted by Gasteiger charge is 2.12. The fourth-order valence-electron chi connectivity index (χ4n) is 1.19. The summed E-state index contributed by atoms with van der Waals surface area (Å²) in [6.45, 7) is 1.20. The lowest BCUT2D eigenvalue weighted by Gasteiger charge is -2.14. The van der Waals surface area contributed by atoms with Crippen LogP contribution in [0, 0.1) is 0 Å². The highest BCUT2D eigenvalue weighted by molar-refractivity contribution is 7.12. The van der Waals surface area contributed by atoms with Crippen molar-refractivity contribution in [2.75, 3.05) is 20.2 Å². The zero-order valence-corrected chi connectivity index (χ0v) is 8.75. The number of aromatic carboxylic acids is 1. The molecule has 0 saturated heterocycles. The lowest BCUT2D eigenvalue weighted by atomic mass is 10.2. The van der Waals surface area contributed by atoms with Crippen LogP contribution in [-0.2, 0) is 6.54 Å². The van der Waals surface area contributed by atoms with Crippen molar-refractivity contribution in [1.82, 2.24) is 4.90 Å². The molecule has 0 saturated carbocycles. The van der Waals surface area contributed by atoms with E-state index in [1.54, 1.807) is 5.38 Å². The van der Waals surface area contributed by atoms with Crippen molar-refractivity contribution >= 4 is 17.3 Å². The van der Waals surface area contributed by atoms with Gasteiger partial charge < -0.3 is 10.2 Å². The zero-order chi connectivity index (χ0) is 10.6. The summed E-state index contributed by atoms with van der Waals surface area (Å²) < 4.78 is 0. The monoisotopic (exact) mass is 215 g/mol. The number of hydrogen-bond donors (Lipinski definition) is 2. The summed E-state index contributed by atoms with van der Waals surface area (Å²) in [5, 5.41) is 19.3. The fraction of sp³-hybridized carbons (Fsp3) is 0.444. The first kappa shape index (κ1) is 11.2. The molecule has 1 rings (SSSR count). The largest absolute Gasteiger partial charge is 0.477 e. The molecular weight excluding hydrogens is 202 g/mol. The van der Waals surface area contributed by atoms with Gasteiger partial charge in [-0.05, 0) is 24.1 Å². The van der Waals surface area contributed by atoms with Crippen LogP contribution in [0.1, 0.15) is 15.2 Å². The van der Waals surface area contributed by atoms with Crippen LogP contribution in [0.5, 0.6) is 0 Å². The summed E-state index contributed by atoms with van der Waals surface area (Å²) in [6.07, 6.45) is 0. The maximum atomic E-state index is 10.8. The van der Waals surface area contributed by atoms with Gasteiger partial charge >= 0.3 is 5.97 Å². The smallest absolute Gasteiger partial charge is 0.346 e. The molecule has 0 fully saturated rings. The third-order valence-corrected chi connectivity index (χ3v) is 2.81. The number of thiophene rings is 1. The maximum Gasteiger partial charge on any atom is 0.346 e. The van der Waals surface area contributed by atoms with E-state index in [-0.39, 0.29) is 6.61 Å². The van der Waals surface area contributed by atoms with Crippen molar-refractivity contribution in [1.29, 1.82) is 0 Å². The molecule has 1 aromatic heterocycles. The Labute approximate surface area is 86.4 Å². The minimum absolute atomic E-state index is 0.0864. The number of likely N-dealkylation sites (N-methyl/N-ethyl adjacent to an activating group) is 1. The Morgan fingerprint density at radius 3 is 2.93 bits per heavy atom. The molecule has 0 aliphatic carbocycles. The zero-order valence-electron chi connectivity index (χ0n) is 7.93. The Hall–Kier alpha value is -0.910. The predicted molar refractivity (Wildman–Crippen MR) is 54.7 cm³/mol. The van der Waals surface area contributed by atoms with Crippen molar-refractivity contribution in [3.63, 3.8) is 0 Å². The van der Waals surface area contributed by atoms with Gasteiger partial charge in [0, 0.05) is 13.1 Å². The molecule has 0 bridgehead atoms. The molecule has 0 aliphatic heterocycles. The second kappa shape index (κ2) is 5.09. The molecule has 1 heterocycles. The summed E-state index contributed by atoms with van der Waals surface area (Å²) in [5.41, 5.74) is 0.804. The standard InChI is InChI=1S/C9H13NO3S/c1-10(3-4-11)6-7-2-5-14-8(7)9(12)13/h2,5,11H,3-4,6H2,1H3,(H,12,13). The number of nitrogens with zero attached hydrogens (tertiary/aromatic N) is 1. The van der Waals surface area contributed by atoms with E-state index in [9.17, 15) is 4.79 Å². The SMILES string of the molecule is CN(CCO)Cc1ccsc1C(=O)O. The molecule has 0 aromatic carbocycles. The number of hydrogen-bond acceptors (Lipinski definition) is 4. The van der Waals surface area contributed by atoms with E-state index in [0.29, 0.717) is 18.0 Å². The van der Waals surface area contributed by atoms with Crippen LogP contribution in [0.3, 0.4) is 0 Å². The molecule has 1 aromatic rings. The summed E-state index contributed by atoms with van der Waals surface area (Å²) in [7, 11) is 1.85. The Morgan fingerprint density at radius 1 is 1.64 bits per heavy atom. The van der Waals surface area contributed by atoms with Gasteiger partial charge in [0.25, 0.3) is 0 Å². The Bertz CT molecular complexity index is 311. The summed E-state index contributed by atoms with van der Waals surface area (Å²) >= 11 is 1.23. The molecular formula is C9H13NO3S. The number of carbonyl (C=O) groups is 1. The van der Waals surface area contributed by atoms with Gasteiger partial charge in [0.05, 0.1) is 6.61 Å². The Morgan fingerprint density at radius 2 is 2.36 bits per heavy atom. The van der Waals surface area contributed by atoms with Gasteiger partial charge in [-0.1, -0.05) is 0 Å². The van der Waals surface area contributed by atoms with Crippen LogP contribution in [-0.4, -0.2) is 41.3 Å². The number of rotatable bonds is 5. The average molecular weight is 215 g/mol. The van der Waals surface area contributed by atoms with Gasteiger partial charge in [0.1, 0.15) is 4.88 Å². The van der Waals surface area contributed by atoms with Crippen LogP contribution in [0.4, 0.5) is 0 Å². The van der Waals surface area contributed by atoms with E-state index in [1.807, 2.05) is 18.0 Å². The maximum absolute atomic E-state index is 10.8. The van der Waals surface area contributed by atoms with E-state index in [2.05, 4.69) is 0 Å². The lowest BCUT2D eigenvalue weighted by Crippen LogP contribution is -2.22. The molecule has 0 unspecified atom stereocenters. The van der Waals surface area contributed by atoms with Crippen molar-refractivity contribution < 1.29 is 15.0 Å². The number of aliphatic hydroxyl groups excluding tert-OH is 1. The molecule has 0 amide bonds. The van der Waals surface area contributed by atoms with Crippen molar-refractivity contribution in [2.24, 2.45) is 0 Å². The fourth-order valence-corrected chi connectivity index (χ4v) is 1.94. The van der Waals surface area contributed by atoms with Crippen LogP contribution in [0.15, 0.2) is 11.4 Å². The molecule has 4 nitrogen and oxygen atoms in total. The predicted octanol–water partition coefficient (Wildman–Crippen LogP) is 0.870. The number of carboxylic acid groups (broad SMARTS) is 1. The first-order valence-corrected chi connectivity index (χ1v) is 5.12. The topological polar surface area (TPSA) is 60.8 Å². The highest BCUT2D eigenvalue weighted by Crippen LogP contribution is 2.17. The van der Waals surface area contributed by atoms with Gasteiger partial charge in [-0.3, -0.25) is 4.90 Å². The van der Waals surface area contributed by atoms with Crippen LogP contribution in [0.2, 0.25) is 0 Å². The minimum atomic E-state index is -0.882. The highest BCUT2D eigenvalue weighted by atomic mass is 32.1. The molecule has 78 valence electrons. The van der Waals surface area contributed by atoms with Gasteiger partial charge in [0.2, 0.25) is 0 Å². The van der Waals surface area contributed by atoms with Crippen molar-refractivity contribution in [2.45, 2.75) is 6.54 Å². The minimum Gasteiger partial charge on any atom is -0.477 e. The molecule has 2 N–H and O–H groups in total. The lowest BCUT2D eigenvalue weighted by molar-refractivity contribution is 0.0700. The van der Waals surface area contributed by atoms with Crippen molar-refractivity contribution in [3.8, 4) is 0 Å². The van der Waals surface area contributed by atoms with Crippen LogP contribution < -0.4 is 0 Å². The van der Waals surface area contributed by atoms with Crippen LogP contribution in [0.25, 0.3) is 0 Å². The molecule has 5 heteroatoms.